The minimum Gasteiger partial charge on any atom is -0.506 e. The van der Waals surface area contributed by atoms with Gasteiger partial charge in [-0.05, 0) is 57.2 Å². The van der Waals surface area contributed by atoms with E-state index in [1.54, 1.807) is 20.8 Å². The monoisotopic (exact) mass is 416 g/mol. The molecule has 0 aliphatic carbocycles. The highest BCUT2D eigenvalue weighted by molar-refractivity contribution is 7.89. The van der Waals surface area contributed by atoms with E-state index in [1.165, 1.54) is 36.4 Å². The summed E-state index contributed by atoms with van der Waals surface area (Å²) in [6.45, 7) is 5.07. The van der Waals surface area contributed by atoms with Crippen LogP contribution in [0, 0.1) is 0 Å². The second kappa shape index (κ2) is 7.44. The van der Waals surface area contributed by atoms with Crippen molar-refractivity contribution < 1.29 is 18.3 Å². The van der Waals surface area contributed by atoms with E-state index in [2.05, 4.69) is 10.0 Å². The Morgan fingerprint density at radius 3 is 2.35 bits per heavy atom. The first-order chi connectivity index (χ1) is 11.9. The van der Waals surface area contributed by atoms with Gasteiger partial charge in [-0.15, -0.1) is 0 Å². The fourth-order valence-corrected chi connectivity index (χ4v) is 4.23. The zero-order valence-corrected chi connectivity index (χ0v) is 16.6. The molecule has 0 aromatic heterocycles. The molecule has 0 spiro atoms. The highest BCUT2D eigenvalue weighted by Crippen LogP contribution is 2.28. The number of amides is 1. The third-order valence-corrected chi connectivity index (χ3v) is 5.60. The summed E-state index contributed by atoms with van der Waals surface area (Å²) >= 11 is 11.9. The molecular weight excluding hydrogens is 399 g/mol. The Kier molecular flexibility index (Phi) is 5.87. The quantitative estimate of drug-likeness (QED) is 0.655. The second-order valence-corrected chi connectivity index (χ2v) is 9.11. The van der Waals surface area contributed by atoms with Crippen molar-refractivity contribution in [1.82, 2.24) is 4.72 Å². The Balaban J connectivity index is 2.37. The lowest BCUT2D eigenvalue weighted by molar-refractivity contribution is 0.102. The van der Waals surface area contributed by atoms with Gasteiger partial charge in [0.2, 0.25) is 10.0 Å². The topological polar surface area (TPSA) is 95.5 Å². The van der Waals surface area contributed by atoms with Crippen molar-refractivity contribution in [2.45, 2.75) is 31.2 Å². The molecular formula is C17H18Cl2N2O4S. The molecule has 0 radical (unpaired) electrons. The maximum atomic E-state index is 12.5. The first-order valence-corrected chi connectivity index (χ1v) is 9.76. The van der Waals surface area contributed by atoms with Crippen LogP contribution >= 0.6 is 23.2 Å². The van der Waals surface area contributed by atoms with Crippen molar-refractivity contribution in [3.63, 3.8) is 0 Å². The van der Waals surface area contributed by atoms with Crippen molar-refractivity contribution >= 4 is 44.8 Å². The summed E-state index contributed by atoms with van der Waals surface area (Å²) in [7, 11) is -3.92. The summed E-state index contributed by atoms with van der Waals surface area (Å²) in [5, 5.41) is 12.6. The van der Waals surface area contributed by atoms with Gasteiger partial charge < -0.3 is 10.4 Å². The smallest absolute Gasteiger partial charge is 0.255 e. The number of hydrogen-bond acceptors (Lipinski definition) is 4. The van der Waals surface area contributed by atoms with E-state index >= 15 is 0 Å². The highest BCUT2D eigenvalue weighted by atomic mass is 35.5. The SMILES string of the molecule is CC(C)(C)NS(=O)(=O)c1cc(C(=O)Nc2cc(Cl)ccc2O)ccc1Cl. The van der Waals surface area contributed by atoms with Crippen LogP contribution < -0.4 is 10.0 Å². The van der Waals surface area contributed by atoms with E-state index in [-0.39, 0.29) is 26.9 Å². The number of sulfonamides is 1. The number of nitrogens with one attached hydrogen (secondary N) is 2. The molecule has 140 valence electrons. The molecule has 26 heavy (non-hydrogen) atoms. The van der Waals surface area contributed by atoms with E-state index in [0.29, 0.717) is 5.02 Å². The number of benzene rings is 2. The van der Waals surface area contributed by atoms with Gasteiger partial charge in [0.1, 0.15) is 10.6 Å². The van der Waals surface area contributed by atoms with E-state index in [1.807, 2.05) is 0 Å². The van der Waals surface area contributed by atoms with Gasteiger partial charge in [-0.3, -0.25) is 4.79 Å². The van der Waals surface area contributed by atoms with Gasteiger partial charge in [0.05, 0.1) is 10.7 Å². The van der Waals surface area contributed by atoms with Crippen LogP contribution in [0.1, 0.15) is 31.1 Å². The first-order valence-electron chi connectivity index (χ1n) is 7.52. The maximum Gasteiger partial charge on any atom is 0.255 e. The average molecular weight is 417 g/mol. The average Bonchev–Trinajstić information content (AvgIpc) is 2.48. The molecule has 0 atom stereocenters. The molecule has 6 nitrogen and oxygen atoms in total. The largest absolute Gasteiger partial charge is 0.506 e. The first kappa shape index (κ1) is 20.5. The number of carbonyl (C=O) groups excluding carboxylic acids is 1. The zero-order chi connectivity index (χ0) is 19.7. The molecule has 0 saturated carbocycles. The summed E-state index contributed by atoms with van der Waals surface area (Å²) in [6, 6.07) is 8.07. The zero-order valence-electron chi connectivity index (χ0n) is 14.3. The molecule has 2 rings (SSSR count). The Morgan fingerprint density at radius 2 is 1.73 bits per heavy atom. The van der Waals surface area contributed by atoms with Crippen LogP contribution in [-0.4, -0.2) is 25.0 Å². The Labute approximate surface area is 162 Å². The standard InChI is InChI=1S/C17H18Cl2N2O4S/c1-17(2,3)21-26(24,25)15-8-10(4-6-12(15)19)16(23)20-13-9-11(18)5-7-14(13)22/h4-9,21-22H,1-3H3,(H,20,23). The van der Waals surface area contributed by atoms with Gasteiger partial charge in [-0.1, -0.05) is 23.2 Å². The summed E-state index contributed by atoms with van der Waals surface area (Å²) in [5.41, 5.74) is -0.551. The number of phenolic OH excluding ortho intramolecular Hbond substituents is 1. The molecule has 0 heterocycles. The lowest BCUT2D eigenvalue weighted by Gasteiger charge is -2.21. The van der Waals surface area contributed by atoms with Crippen LogP contribution in [0.2, 0.25) is 10.0 Å². The summed E-state index contributed by atoms with van der Waals surface area (Å²) in [5.74, 6) is -0.787. The van der Waals surface area contributed by atoms with Gasteiger partial charge in [0.15, 0.2) is 0 Å². The third kappa shape index (κ3) is 5.11. The minimum absolute atomic E-state index is 0.0103. The number of carbonyl (C=O) groups is 1. The van der Waals surface area contributed by atoms with Crippen LogP contribution in [0.3, 0.4) is 0 Å². The predicted octanol–water partition coefficient (Wildman–Crippen LogP) is 4.03. The predicted molar refractivity (Wildman–Crippen MR) is 103 cm³/mol. The van der Waals surface area contributed by atoms with Crippen LogP contribution in [0.25, 0.3) is 0 Å². The summed E-state index contributed by atoms with van der Waals surface area (Å²) in [6.07, 6.45) is 0. The molecule has 0 bridgehead atoms. The lowest BCUT2D eigenvalue weighted by atomic mass is 10.1. The molecule has 0 fully saturated rings. The molecule has 0 aliphatic rings. The Bertz CT molecular complexity index is 954. The van der Waals surface area contributed by atoms with E-state index in [9.17, 15) is 18.3 Å². The second-order valence-electron chi connectivity index (χ2n) is 6.62. The van der Waals surface area contributed by atoms with Crippen molar-refractivity contribution in [3.8, 4) is 5.75 Å². The number of aromatic hydroxyl groups is 1. The number of phenols is 1. The van der Waals surface area contributed by atoms with Gasteiger partial charge in [0.25, 0.3) is 5.91 Å². The van der Waals surface area contributed by atoms with E-state index in [0.717, 1.165) is 0 Å². The Hall–Kier alpha value is -1.80. The van der Waals surface area contributed by atoms with E-state index < -0.39 is 21.5 Å². The molecule has 9 heteroatoms. The number of hydrogen-bond donors (Lipinski definition) is 3. The van der Waals surface area contributed by atoms with Gasteiger partial charge >= 0.3 is 0 Å². The fourth-order valence-electron chi connectivity index (χ4n) is 2.11. The molecule has 2 aromatic rings. The number of anilines is 1. The fraction of sp³-hybridized carbons (Fsp3) is 0.235. The molecule has 0 saturated heterocycles. The number of halogens is 2. The summed E-state index contributed by atoms with van der Waals surface area (Å²) in [4.78, 5) is 12.2. The van der Waals surface area contributed by atoms with Crippen molar-refractivity contribution in [1.29, 1.82) is 0 Å². The van der Waals surface area contributed by atoms with Crippen LogP contribution in [0.4, 0.5) is 5.69 Å². The van der Waals surface area contributed by atoms with Crippen LogP contribution in [0.5, 0.6) is 5.75 Å². The highest BCUT2D eigenvalue weighted by Gasteiger charge is 2.25. The third-order valence-electron chi connectivity index (χ3n) is 3.13. The van der Waals surface area contributed by atoms with Crippen LogP contribution in [0.15, 0.2) is 41.3 Å². The van der Waals surface area contributed by atoms with Gasteiger partial charge in [-0.2, -0.15) is 0 Å². The lowest BCUT2D eigenvalue weighted by Crippen LogP contribution is -2.40. The van der Waals surface area contributed by atoms with Crippen molar-refractivity contribution in [2.24, 2.45) is 0 Å². The van der Waals surface area contributed by atoms with Crippen molar-refractivity contribution in [2.75, 3.05) is 5.32 Å². The molecule has 1 amide bonds. The Morgan fingerprint density at radius 1 is 1.08 bits per heavy atom. The maximum absolute atomic E-state index is 12.5. The van der Waals surface area contributed by atoms with Gasteiger partial charge in [0, 0.05) is 16.1 Å². The molecule has 0 aliphatic heterocycles. The van der Waals surface area contributed by atoms with E-state index in [4.69, 9.17) is 23.2 Å². The minimum atomic E-state index is -3.92. The molecule has 2 aromatic carbocycles. The summed E-state index contributed by atoms with van der Waals surface area (Å²) < 4.78 is 27.5. The normalized spacial score (nSPS) is 12.0. The van der Waals surface area contributed by atoms with Crippen molar-refractivity contribution in [3.05, 3.63) is 52.0 Å². The molecule has 0 unspecified atom stereocenters. The molecule has 3 N–H and O–H groups in total. The van der Waals surface area contributed by atoms with Crippen LogP contribution in [-0.2, 0) is 10.0 Å². The van der Waals surface area contributed by atoms with Gasteiger partial charge in [-0.25, -0.2) is 13.1 Å². The number of rotatable bonds is 4.